The van der Waals surface area contributed by atoms with E-state index in [1.165, 1.54) is 106 Å². The molecule has 1 heterocycles. The van der Waals surface area contributed by atoms with Crippen molar-refractivity contribution in [2.24, 2.45) is 0 Å². The first kappa shape index (κ1) is 41.1. The molecule has 0 saturated carbocycles. The molecule has 0 aliphatic carbocycles. The molecule has 2 aromatic rings. The fraction of sp³-hybridized carbons (Fsp3) is 0.610. The number of halogens is 2. The van der Waals surface area contributed by atoms with Crippen LogP contribution in [0, 0.1) is 0 Å². The van der Waals surface area contributed by atoms with Gasteiger partial charge in [-0.2, -0.15) is 0 Å². The Balaban J connectivity index is 0.00000236. The van der Waals surface area contributed by atoms with Crippen molar-refractivity contribution in [1.82, 2.24) is 0 Å². The zero-order chi connectivity index (χ0) is 34.1. The Bertz CT molecular complexity index is 1270. The average molecular weight is 801 g/mol. The molecule has 3 rings (SSSR count). The van der Waals surface area contributed by atoms with Gasteiger partial charge < -0.3 is 5.53 Å². The molecule has 0 amide bonds. The first-order valence-corrected chi connectivity index (χ1v) is 23.3. The molecule has 0 bridgehead atoms. The van der Waals surface area contributed by atoms with Crippen LogP contribution in [0.4, 0.5) is 0 Å². The normalized spacial score (nSPS) is 13.2. The van der Waals surface area contributed by atoms with Gasteiger partial charge in [0.2, 0.25) is 11.4 Å². The van der Waals surface area contributed by atoms with Gasteiger partial charge in [-0.05, 0) is 115 Å². The third kappa shape index (κ3) is 10.7. The fourth-order valence-electron chi connectivity index (χ4n) is 7.49. The van der Waals surface area contributed by atoms with Crippen molar-refractivity contribution in [3.63, 3.8) is 0 Å². The van der Waals surface area contributed by atoms with E-state index in [1.54, 1.807) is 10.3 Å². The molecular weight excluding hydrogens is 739 g/mol. The van der Waals surface area contributed by atoms with E-state index in [1.807, 2.05) is 0 Å². The monoisotopic (exact) mass is 798 g/mol. The Morgan fingerprint density at radius 1 is 0.500 bits per heavy atom. The summed E-state index contributed by atoms with van der Waals surface area (Å²) in [6, 6.07) is 9.65. The van der Waals surface area contributed by atoms with Crippen molar-refractivity contribution in [2.75, 3.05) is 0 Å². The van der Waals surface area contributed by atoms with E-state index in [-0.39, 0.29) is 0 Å². The van der Waals surface area contributed by atoms with Crippen LogP contribution in [0.5, 0.6) is 0 Å². The van der Waals surface area contributed by atoms with Gasteiger partial charge in [0.15, 0.2) is 0 Å². The zero-order valence-corrected chi connectivity index (χ0v) is 34.5. The maximum absolute atomic E-state index is 12.3. The van der Waals surface area contributed by atoms with Gasteiger partial charge in [-0.25, -0.2) is 4.70 Å². The van der Waals surface area contributed by atoms with Crippen LogP contribution in [0.25, 0.3) is 16.9 Å². The van der Waals surface area contributed by atoms with Crippen LogP contribution in [0.1, 0.15) is 171 Å². The molecule has 46 heavy (non-hydrogen) atoms. The quantitative estimate of drug-likeness (QED) is 0.0768. The summed E-state index contributed by atoms with van der Waals surface area (Å²) < 4.78 is 1.62. The molecule has 2 aromatic carbocycles. The number of benzene rings is 2. The third-order valence-corrected chi connectivity index (χ3v) is 9.56. The average Bonchev–Trinajstić information content (AvgIpc) is 3.34. The van der Waals surface area contributed by atoms with Gasteiger partial charge in [0.05, 0.1) is 0 Å². The Hall–Kier alpha value is -1.03. The topological polar surface area (TPSA) is 25.3 Å². The number of unbranched alkanes of at least 4 members (excludes halogenated alkanes) is 5. The van der Waals surface area contributed by atoms with Gasteiger partial charge in [0, 0.05) is 22.3 Å². The second kappa shape index (κ2) is 22.6. The molecule has 0 saturated heterocycles. The molecule has 260 valence electrons. The van der Waals surface area contributed by atoms with Crippen LogP contribution in [-0.4, -0.2) is 4.70 Å². The summed E-state index contributed by atoms with van der Waals surface area (Å²) in [4.78, 5) is 0. The molecule has 0 atom stereocenters. The number of hydrogen-bond acceptors (Lipinski definition) is 0. The van der Waals surface area contributed by atoms with Crippen molar-refractivity contribution in [3.05, 3.63) is 85.5 Å². The predicted molar refractivity (Wildman–Crippen MR) is 207 cm³/mol. The molecule has 0 radical (unpaired) electrons. The second-order valence-electron chi connectivity index (χ2n) is 12.7. The van der Waals surface area contributed by atoms with Gasteiger partial charge >= 0.3 is 39.3 Å². The van der Waals surface area contributed by atoms with Gasteiger partial charge in [0.1, 0.15) is 0 Å². The molecule has 0 unspecified atom stereocenters. The Morgan fingerprint density at radius 2 is 0.957 bits per heavy atom. The minimum absolute atomic E-state index is 0.928. The summed E-state index contributed by atoms with van der Waals surface area (Å²) in [5, 5.41) is 0. The summed E-state index contributed by atoms with van der Waals surface area (Å²) >= 11 is 6.00. The second-order valence-corrected chi connectivity index (χ2v) is 17.7. The third-order valence-electron chi connectivity index (χ3n) is 9.56. The van der Waals surface area contributed by atoms with Crippen LogP contribution >= 0.6 is 28.5 Å². The number of allylic oxidation sites excluding steroid dienone is 2. The van der Waals surface area contributed by atoms with Crippen molar-refractivity contribution in [2.45, 2.75) is 165 Å². The van der Waals surface area contributed by atoms with Gasteiger partial charge in [-0.1, -0.05) is 107 Å². The summed E-state index contributed by atoms with van der Waals surface area (Å²) in [6.45, 7) is 18.3. The standard InChI is InChI=1S/C41H62N2.2BrH.Ni/c1-9-17-18-19-20-21-25-39-37(16-8)40(34-26-30(13-5)36(15-7)31(14-6)27-34)43(42)41(39)35-28-32(22-10-2)38(24-12-4)33(29-35)23-11-3;;;/h26-29H,9-25H2,1-8H3;2*1H;/q;;;+2/p-2. The Morgan fingerprint density at radius 3 is 1.39 bits per heavy atom. The van der Waals surface area contributed by atoms with E-state index in [0.717, 1.165) is 75.6 Å². The van der Waals surface area contributed by atoms with Crippen LogP contribution in [-0.2, 0) is 49.4 Å². The van der Waals surface area contributed by atoms with E-state index in [2.05, 4.69) is 108 Å². The molecule has 2 nitrogen and oxygen atoms in total. The number of rotatable bonds is 19. The maximum atomic E-state index is 12.3. The first-order chi connectivity index (χ1) is 22.3. The minimum atomic E-state index is 0.928. The van der Waals surface area contributed by atoms with Gasteiger partial charge in [-0.3, -0.25) is 0 Å². The Kier molecular flexibility index (Phi) is 20.2. The number of aryl methyl sites for hydroxylation is 4. The van der Waals surface area contributed by atoms with Crippen molar-refractivity contribution < 1.29 is 15.6 Å². The van der Waals surface area contributed by atoms with E-state index >= 15 is 0 Å². The predicted octanol–water partition coefficient (Wildman–Crippen LogP) is 14.3. The SMILES string of the molecule is CCCCCCCCC1=C(c2cc(CCC)c(CCC)c(CCC)c2)[N+](=[N-])C(c2cc(CC)c(CC)c(CC)c2)=C1CC.[Br][Ni][Br]. The van der Waals surface area contributed by atoms with Crippen molar-refractivity contribution in [1.29, 1.82) is 0 Å². The molecule has 0 N–H and O–H groups in total. The summed E-state index contributed by atoms with van der Waals surface area (Å²) in [7, 11) is 1.25. The number of hydrogen-bond donors (Lipinski definition) is 0. The van der Waals surface area contributed by atoms with Gasteiger partial charge in [-0.15, -0.1) is 0 Å². The van der Waals surface area contributed by atoms with Gasteiger partial charge in [0.25, 0.3) is 0 Å². The summed E-state index contributed by atoms with van der Waals surface area (Å²) in [6.07, 6.45) is 19.6. The number of nitrogens with zero attached hydrogens (tertiary/aromatic N) is 2. The van der Waals surface area contributed by atoms with E-state index in [4.69, 9.17) is 0 Å². The van der Waals surface area contributed by atoms with E-state index < -0.39 is 0 Å². The van der Waals surface area contributed by atoms with Crippen molar-refractivity contribution in [3.8, 4) is 0 Å². The molecular formula is C41H62Br2N2Ni. The summed E-state index contributed by atoms with van der Waals surface area (Å²) in [5.74, 6) is 0. The van der Waals surface area contributed by atoms with Crippen LogP contribution < -0.4 is 0 Å². The first-order valence-electron chi connectivity index (χ1n) is 18.4. The molecule has 1 aliphatic heterocycles. The zero-order valence-electron chi connectivity index (χ0n) is 30.3. The molecule has 1 aliphatic rings. The Labute approximate surface area is 303 Å². The fourth-order valence-corrected chi connectivity index (χ4v) is 7.49. The molecule has 0 spiro atoms. The van der Waals surface area contributed by atoms with E-state index in [9.17, 15) is 5.53 Å². The molecule has 0 fully saturated rings. The van der Waals surface area contributed by atoms with Crippen LogP contribution in [0.3, 0.4) is 0 Å². The molecule has 5 heteroatoms. The van der Waals surface area contributed by atoms with Crippen LogP contribution in [0.2, 0.25) is 0 Å². The summed E-state index contributed by atoms with van der Waals surface area (Å²) in [5.41, 5.74) is 28.4. The van der Waals surface area contributed by atoms with Crippen molar-refractivity contribution >= 4 is 39.8 Å². The molecule has 0 aromatic heterocycles. The van der Waals surface area contributed by atoms with Crippen LogP contribution in [0.15, 0.2) is 35.4 Å². The van der Waals surface area contributed by atoms with E-state index in [0.29, 0.717) is 0 Å².